The zero-order valence-corrected chi connectivity index (χ0v) is 10.9. The monoisotopic (exact) mass is 254 g/mol. The molecule has 2 rings (SSSR count). The smallest absolute Gasteiger partial charge is 0.315 e. The number of hydrogen-bond acceptors (Lipinski definition) is 2. The van der Waals surface area contributed by atoms with Crippen LogP contribution in [0.4, 0.5) is 4.79 Å². The number of rotatable bonds is 7. The van der Waals surface area contributed by atoms with Crippen LogP contribution in [0.1, 0.15) is 45.4 Å². The molecule has 2 amide bonds. The van der Waals surface area contributed by atoms with Crippen molar-refractivity contribution in [3.63, 3.8) is 0 Å². The molecule has 2 saturated carbocycles. The number of carbonyl (C=O) groups is 2. The van der Waals surface area contributed by atoms with Gasteiger partial charge < -0.3 is 15.7 Å². The maximum Gasteiger partial charge on any atom is 0.315 e. The zero-order chi connectivity index (χ0) is 13.2. The SMILES string of the molecule is CCC(CC(=O)O)NC(=O)NCC1(C2CC2)CC1. The van der Waals surface area contributed by atoms with Crippen LogP contribution in [0.3, 0.4) is 0 Å². The maximum atomic E-state index is 11.7. The highest BCUT2D eigenvalue weighted by Gasteiger charge is 2.53. The second-order valence-corrected chi connectivity index (χ2v) is 5.67. The lowest BCUT2D eigenvalue weighted by atomic mass is 10.0. The van der Waals surface area contributed by atoms with Gasteiger partial charge in [-0.05, 0) is 43.4 Å². The summed E-state index contributed by atoms with van der Waals surface area (Å²) in [5, 5.41) is 14.3. The van der Waals surface area contributed by atoms with Crippen LogP contribution in [-0.2, 0) is 4.79 Å². The minimum Gasteiger partial charge on any atom is -0.481 e. The zero-order valence-electron chi connectivity index (χ0n) is 10.9. The van der Waals surface area contributed by atoms with Crippen molar-refractivity contribution in [1.29, 1.82) is 0 Å². The third-order valence-electron chi connectivity index (χ3n) is 4.19. The van der Waals surface area contributed by atoms with Gasteiger partial charge in [-0.3, -0.25) is 4.79 Å². The summed E-state index contributed by atoms with van der Waals surface area (Å²) >= 11 is 0. The number of nitrogens with one attached hydrogen (secondary N) is 2. The van der Waals surface area contributed by atoms with E-state index >= 15 is 0 Å². The van der Waals surface area contributed by atoms with Gasteiger partial charge in [0.2, 0.25) is 0 Å². The standard InChI is InChI=1S/C13H22N2O3/c1-2-10(7-11(16)17)15-12(18)14-8-13(5-6-13)9-3-4-9/h9-10H,2-8H2,1H3,(H,16,17)(H2,14,15,18). The van der Waals surface area contributed by atoms with Gasteiger partial charge in [-0.1, -0.05) is 6.92 Å². The molecular formula is C13H22N2O3. The number of amides is 2. The fraction of sp³-hybridized carbons (Fsp3) is 0.846. The summed E-state index contributed by atoms with van der Waals surface area (Å²) in [6.07, 6.45) is 5.68. The van der Waals surface area contributed by atoms with Crippen molar-refractivity contribution in [3.05, 3.63) is 0 Å². The summed E-state index contributed by atoms with van der Waals surface area (Å²) in [6.45, 7) is 2.62. The van der Waals surface area contributed by atoms with Crippen LogP contribution < -0.4 is 10.6 Å². The Hall–Kier alpha value is -1.26. The van der Waals surface area contributed by atoms with Crippen molar-refractivity contribution in [2.24, 2.45) is 11.3 Å². The number of carbonyl (C=O) groups excluding carboxylic acids is 1. The molecule has 2 fully saturated rings. The van der Waals surface area contributed by atoms with E-state index in [4.69, 9.17) is 5.11 Å². The van der Waals surface area contributed by atoms with Gasteiger partial charge in [0.05, 0.1) is 6.42 Å². The molecule has 0 radical (unpaired) electrons. The minimum atomic E-state index is -0.876. The van der Waals surface area contributed by atoms with Crippen LogP contribution in [0.15, 0.2) is 0 Å². The molecule has 0 aliphatic heterocycles. The van der Waals surface area contributed by atoms with Crippen LogP contribution in [0.25, 0.3) is 0 Å². The molecular weight excluding hydrogens is 232 g/mol. The van der Waals surface area contributed by atoms with Crippen molar-refractivity contribution >= 4 is 12.0 Å². The van der Waals surface area contributed by atoms with Gasteiger partial charge in [-0.25, -0.2) is 4.79 Å². The first-order chi connectivity index (χ1) is 8.55. The summed E-state index contributed by atoms with van der Waals surface area (Å²) in [6, 6.07) is -0.506. The molecule has 1 atom stereocenters. The van der Waals surface area contributed by atoms with Gasteiger partial charge in [0.25, 0.3) is 0 Å². The lowest BCUT2D eigenvalue weighted by Gasteiger charge is -2.18. The molecule has 0 aromatic heterocycles. The summed E-state index contributed by atoms with van der Waals surface area (Å²) in [5.41, 5.74) is 0.381. The fourth-order valence-corrected chi connectivity index (χ4v) is 2.59. The number of hydrogen-bond donors (Lipinski definition) is 3. The molecule has 2 aliphatic carbocycles. The Bertz CT molecular complexity index is 335. The third-order valence-corrected chi connectivity index (χ3v) is 4.19. The molecule has 2 aliphatic rings. The Morgan fingerprint density at radius 3 is 2.50 bits per heavy atom. The Kier molecular flexibility index (Phi) is 3.78. The normalized spacial score (nSPS) is 22.1. The highest BCUT2D eigenvalue weighted by atomic mass is 16.4. The summed E-state index contributed by atoms with van der Waals surface area (Å²) in [7, 11) is 0. The van der Waals surface area contributed by atoms with Crippen molar-refractivity contribution < 1.29 is 14.7 Å². The highest BCUT2D eigenvalue weighted by molar-refractivity contribution is 5.75. The van der Waals surface area contributed by atoms with Gasteiger partial charge in [-0.2, -0.15) is 0 Å². The van der Waals surface area contributed by atoms with Gasteiger partial charge in [0, 0.05) is 12.6 Å². The molecule has 5 nitrogen and oxygen atoms in total. The summed E-state index contributed by atoms with van der Waals surface area (Å²) < 4.78 is 0. The molecule has 3 N–H and O–H groups in total. The van der Waals surface area contributed by atoms with Crippen LogP contribution >= 0.6 is 0 Å². The van der Waals surface area contributed by atoms with Gasteiger partial charge >= 0.3 is 12.0 Å². The van der Waals surface area contributed by atoms with Crippen molar-refractivity contribution in [3.8, 4) is 0 Å². The molecule has 0 saturated heterocycles. The molecule has 102 valence electrons. The van der Waals surface area contributed by atoms with Crippen LogP contribution in [-0.4, -0.2) is 29.7 Å². The van der Waals surface area contributed by atoms with E-state index in [-0.39, 0.29) is 18.5 Å². The third kappa shape index (κ3) is 3.37. The number of aliphatic carboxylic acids is 1. The minimum absolute atomic E-state index is 0.0162. The van der Waals surface area contributed by atoms with Gasteiger partial charge in [0.15, 0.2) is 0 Å². The first-order valence-corrected chi connectivity index (χ1v) is 6.82. The van der Waals surface area contributed by atoms with Crippen LogP contribution in [0.2, 0.25) is 0 Å². The first-order valence-electron chi connectivity index (χ1n) is 6.82. The number of urea groups is 1. The van der Waals surface area contributed by atoms with Crippen molar-refractivity contribution in [2.45, 2.75) is 51.5 Å². The quantitative estimate of drug-likeness (QED) is 0.647. The molecule has 0 spiro atoms. The van der Waals surface area contributed by atoms with E-state index in [1.165, 1.54) is 25.7 Å². The predicted molar refractivity (Wildman–Crippen MR) is 67.3 cm³/mol. The lowest BCUT2D eigenvalue weighted by Crippen LogP contribution is -2.44. The van der Waals surface area contributed by atoms with E-state index in [9.17, 15) is 9.59 Å². The molecule has 1 unspecified atom stereocenters. The van der Waals surface area contributed by atoms with E-state index < -0.39 is 5.97 Å². The molecule has 5 heteroatoms. The Morgan fingerprint density at radius 2 is 2.06 bits per heavy atom. The van der Waals surface area contributed by atoms with Crippen molar-refractivity contribution in [2.75, 3.05) is 6.54 Å². The molecule has 0 aromatic rings. The molecule has 0 aromatic carbocycles. The van der Waals surface area contributed by atoms with Crippen LogP contribution in [0.5, 0.6) is 0 Å². The highest BCUT2D eigenvalue weighted by Crippen LogP contribution is 2.60. The van der Waals surface area contributed by atoms with Crippen LogP contribution in [0, 0.1) is 11.3 Å². The lowest BCUT2D eigenvalue weighted by molar-refractivity contribution is -0.137. The van der Waals surface area contributed by atoms with Crippen molar-refractivity contribution in [1.82, 2.24) is 10.6 Å². The second kappa shape index (κ2) is 5.16. The predicted octanol–water partition coefficient (Wildman–Crippen LogP) is 1.73. The average Bonchev–Trinajstić information content (AvgIpc) is 3.14. The Morgan fingerprint density at radius 1 is 1.39 bits per heavy atom. The topological polar surface area (TPSA) is 78.4 Å². The van der Waals surface area contributed by atoms with E-state index in [1.807, 2.05) is 6.92 Å². The Labute approximate surface area is 107 Å². The van der Waals surface area contributed by atoms with E-state index in [0.717, 1.165) is 12.5 Å². The average molecular weight is 254 g/mol. The molecule has 0 heterocycles. The molecule has 18 heavy (non-hydrogen) atoms. The number of carboxylic acids is 1. The van der Waals surface area contributed by atoms with E-state index in [1.54, 1.807) is 0 Å². The van der Waals surface area contributed by atoms with E-state index in [2.05, 4.69) is 10.6 Å². The second-order valence-electron chi connectivity index (χ2n) is 5.67. The van der Waals surface area contributed by atoms with E-state index in [0.29, 0.717) is 11.8 Å². The molecule has 0 bridgehead atoms. The largest absolute Gasteiger partial charge is 0.481 e. The van der Waals surface area contributed by atoms with Gasteiger partial charge in [0.1, 0.15) is 0 Å². The van der Waals surface area contributed by atoms with Gasteiger partial charge in [-0.15, -0.1) is 0 Å². The summed E-state index contributed by atoms with van der Waals surface area (Å²) in [4.78, 5) is 22.3. The maximum absolute atomic E-state index is 11.7. The summed E-state index contributed by atoms with van der Waals surface area (Å²) in [5.74, 6) is -0.0578. The first kappa shape index (κ1) is 13.2. The Balaban J connectivity index is 1.69. The fourth-order valence-electron chi connectivity index (χ4n) is 2.59. The number of carboxylic acid groups (broad SMARTS) is 1.